The molecule has 0 aliphatic carbocycles. The third-order valence-corrected chi connectivity index (χ3v) is 3.04. The van der Waals surface area contributed by atoms with Gasteiger partial charge in [-0.15, -0.1) is 0 Å². The van der Waals surface area contributed by atoms with Crippen molar-refractivity contribution >= 4 is 11.8 Å². The summed E-state index contributed by atoms with van der Waals surface area (Å²) < 4.78 is 10.3. The Morgan fingerprint density at radius 1 is 1.33 bits per heavy atom. The van der Waals surface area contributed by atoms with Crippen LogP contribution in [0.25, 0.3) is 0 Å². The molecule has 1 aromatic carbocycles. The van der Waals surface area contributed by atoms with E-state index in [0.717, 1.165) is 5.56 Å². The molecule has 0 bridgehead atoms. The Hall–Kier alpha value is -1.68. The number of rotatable bonds is 3. The lowest BCUT2D eigenvalue weighted by Gasteiger charge is -2.11. The molecule has 18 heavy (non-hydrogen) atoms. The van der Waals surface area contributed by atoms with Gasteiger partial charge in [0.15, 0.2) is 5.78 Å². The van der Waals surface area contributed by atoms with Gasteiger partial charge in [-0.2, -0.15) is 0 Å². The SMILES string of the molecule is CCOC(=O)[C@@H]1O[C@H](C)[C@@H](c2ccccc2)C1=O. The van der Waals surface area contributed by atoms with Gasteiger partial charge in [0.25, 0.3) is 0 Å². The van der Waals surface area contributed by atoms with E-state index in [-0.39, 0.29) is 24.4 Å². The van der Waals surface area contributed by atoms with Crippen LogP contribution < -0.4 is 0 Å². The van der Waals surface area contributed by atoms with E-state index in [2.05, 4.69) is 0 Å². The molecule has 0 N–H and O–H groups in total. The summed E-state index contributed by atoms with van der Waals surface area (Å²) in [7, 11) is 0. The molecule has 0 spiro atoms. The van der Waals surface area contributed by atoms with E-state index in [4.69, 9.17) is 9.47 Å². The normalized spacial score (nSPS) is 27.2. The molecule has 1 aromatic rings. The molecule has 4 heteroatoms. The minimum Gasteiger partial charge on any atom is -0.464 e. The summed E-state index contributed by atoms with van der Waals surface area (Å²) in [6.45, 7) is 3.75. The number of ether oxygens (including phenoxy) is 2. The lowest BCUT2D eigenvalue weighted by molar-refractivity contribution is -0.157. The van der Waals surface area contributed by atoms with E-state index >= 15 is 0 Å². The maximum absolute atomic E-state index is 12.2. The molecule has 1 fully saturated rings. The predicted molar refractivity (Wildman–Crippen MR) is 65.2 cm³/mol. The highest BCUT2D eigenvalue weighted by Gasteiger charge is 2.46. The highest BCUT2D eigenvalue weighted by molar-refractivity contribution is 6.06. The topological polar surface area (TPSA) is 52.6 Å². The fraction of sp³-hybridized carbons (Fsp3) is 0.429. The highest BCUT2D eigenvalue weighted by atomic mass is 16.6. The summed E-state index contributed by atoms with van der Waals surface area (Å²) in [5, 5.41) is 0. The van der Waals surface area contributed by atoms with Gasteiger partial charge in [-0.05, 0) is 19.4 Å². The summed E-state index contributed by atoms with van der Waals surface area (Å²) in [6.07, 6.45) is -1.39. The number of hydrogen-bond donors (Lipinski definition) is 0. The molecule has 1 aliphatic rings. The Morgan fingerprint density at radius 2 is 2.00 bits per heavy atom. The van der Waals surface area contributed by atoms with Crippen molar-refractivity contribution in [3.05, 3.63) is 35.9 Å². The Bertz CT molecular complexity index is 440. The summed E-state index contributed by atoms with van der Waals surface area (Å²) in [6, 6.07) is 9.36. The molecule has 0 amide bonds. The quantitative estimate of drug-likeness (QED) is 0.603. The van der Waals surface area contributed by atoms with Gasteiger partial charge in [-0.25, -0.2) is 4.79 Å². The molecule has 3 atom stereocenters. The maximum Gasteiger partial charge on any atom is 0.343 e. The van der Waals surface area contributed by atoms with E-state index in [1.54, 1.807) is 13.8 Å². The second-order valence-corrected chi connectivity index (χ2v) is 4.26. The number of esters is 1. The van der Waals surface area contributed by atoms with Crippen LogP contribution in [0.3, 0.4) is 0 Å². The van der Waals surface area contributed by atoms with Crippen LogP contribution in [0.5, 0.6) is 0 Å². The Balaban J connectivity index is 2.20. The molecule has 1 heterocycles. The van der Waals surface area contributed by atoms with Crippen molar-refractivity contribution in [3.8, 4) is 0 Å². The average Bonchev–Trinajstić information content (AvgIpc) is 2.66. The fourth-order valence-corrected chi connectivity index (χ4v) is 2.24. The van der Waals surface area contributed by atoms with E-state index < -0.39 is 12.1 Å². The standard InChI is InChI=1S/C14H16O4/c1-3-17-14(16)13-12(15)11(9(2)18-13)10-7-5-4-6-8-10/h4-9,11,13H,3H2,1-2H3/t9-,11+,13-/m1/s1. The lowest BCUT2D eigenvalue weighted by Crippen LogP contribution is -2.30. The molecule has 4 nitrogen and oxygen atoms in total. The summed E-state index contributed by atoms with van der Waals surface area (Å²) in [5.74, 6) is -1.19. The first-order chi connectivity index (χ1) is 8.65. The Morgan fingerprint density at radius 3 is 2.61 bits per heavy atom. The van der Waals surface area contributed by atoms with Crippen LogP contribution in [0.15, 0.2) is 30.3 Å². The van der Waals surface area contributed by atoms with E-state index in [1.165, 1.54) is 0 Å². The predicted octanol–water partition coefficient (Wildman–Crippen LogP) is 1.69. The number of benzene rings is 1. The van der Waals surface area contributed by atoms with E-state index in [9.17, 15) is 9.59 Å². The van der Waals surface area contributed by atoms with Crippen molar-refractivity contribution < 1.29 is 19.1 Å². The van der Waals surface area contributed by atoms with Crippen LogP contribution in [0.2, 0.25) is 0 Å². The second-order valence-electron chi connectivity index (χ2n) is 4.26. The zero-order valence-corrected chi connectivity index (χ0v) is 10.5. The summed E-state index contributed by atoms with van der Waals surface area (Å²) in [4.78, 5) is 23.8. The summed E-state index contributed by atoms with van der Waals surface area (Å²) >= 11 is 0. The van der Waals surface area contributed by atoms with Crippen LogP contribution in [0.4, 0.5) is 0 Å². The van der Waals surface area contributed by atoms with Gasteiger partial charge < -0.3 is 9.47 Å². The van der Waals surface area contributed by atoms with Crippen molar-refractivity contribution in [3.63, 3.8) is 0 Å². The molecule has 1 saturated heterocycles. The number of Topliss-reactive ketones (excluding diaryl/α,β-unsaturated/α-hetero) is 1. The van der Waals surface area contributed by atoms with Crippen molar-refractivity contribution in [2.75, 3.05) is 6.61 Å². The van der Waals surface area contributed by atoms with E-state index in [1.807, 2.05) is 30.3 Å². The van der Waals surface area contributed by atoms with Gasteiger partial charge in [-0.1, -0.05) is 30.3 Å². The van der Waals surface area contributed by atoms with Gasteiger partial charge in [0.05, 0.1) is 18.6 Å². The molecule has 0 aromatic heterocycles. The largest absolute Gasteiger partial charge is 0.464 e. The number of carbonyl (C=O) groups is 2. The second kappa shape index (κ2) is 5.31. The van der Waals surface area contributed by atoms with Crippen molar-refractivity contribution in [2.45, 2.75) is 32.0 Å². The Labute approximate surface area is 106 Å². The third-order valence-electron chi connectivity index (χ3n) is 3.04. The van der Waals surface area contributed by atoms with Crippen LogP contribution in [0.1, 0.15) is 25.3 Å². The smallest absolute Gasteiger partial charge is 0.343 e. The first-order valence-corrected chi connectivity index (χ1v) is 6.06. The molecule has 0 radical (unpaired) electrons. The number of hydrogen-bond acceptors (Lipinski definition) is 4. The van der Waals surface area contributed by atoms with Crippen molar-refractivity contribution in [1.29, 1.82) is 0 Å². The molecular weight excluding hydrogens is 232 g/mol. The molecule has 2 rings (SSSR count). The van der Waals surface area contributed by atoms with Crippen molar-refractivity contribution in [1.82, 2.24) is 0 Å². The zero-order chi connectivity index (χ0) is 13.1. The monoisotopic (exact) mass is 248 g/mol. The van der Waals surface area contributed by atoms with Gasteiger partial charge in [0.1, 0.15) is 0 Å². The summed E-state index contributed by atoms with van der Waals surface area (Å²) in [5.41, 5.74) is 0.877. The Kier molecular flexibility index (Phi) is 3.77. The van der Waals surface area contributed by atoms with Gasteiger partial charge in [0, 0.05) is 0 Å². The van der Waals surface area contributed by atoms with Crippen LogP contribution in [-0.2, 0) is 19.1 Å². The molecule has 0 saturated carbocycles. The van der Waals surface area contributed by atoms with Crippen LogP contribution >= 0.6 is 0 Å². The van der Waals surface area contributed by atoms with E-state index in [0.29, 0.717) is 0 Å². The fourth-order valence-electron chi connectivity index (χ4n) is 2.24. The maximum atomic E-state index is 12.2. The zero-order valence-electron chi connectivity index (χ0n) is 10.5. The molecule has 0 unspecified atom stereocenters. The minimum absolute atomic E-state index is 0.216. The molecular formula is C14H16O4. The van der Waals surface area contributed by atoms with Crippen LogP contribution in [0, 0.1) is 0 Å². The number of carbonyl (C=O) groups excluding carboxylic acids is 2. The molecule has 96 valence electrons. The first kappa shape index (κ1) is 12.8. The third kappa shape index (κ3) is 2.29. The lowest BCUT2D eigenvalue weighted by atomic mass is 9.90. The highest BCUT2D eigenvalue weighted by Crippen LogP contribution is 2.32. The minimum atomic E-state index is -1.08. The van der Waals surface area contributed by atoms with Gasteiger partial charge in [0.2, 0.25) is 6.10 Å². The number of ketones is 1. The average molecular weight is 248 g/mol. The van der Waals surface area contributed by atoms with Gasteiger partial charge in [-0.3, -0.25) is 4.79 Å². The van der Waals surface area contributed by atoms with Crippen LogP contribution in [-0.4, -0.2) is 30.6 Å². The van der Waals surface area contributed by atoms with Gasteiger partial charge >= 0.3 is 5.97 Å². The van der Waals surface area contributed by atoms with Crippen molar-refractivity contribution in [2.24, 2.45) is 0 Å². The molecule has 1 aliphatic heterocycles. The first-order valence-electron chi connectivity index (χ1n) is 6.06.